The zero-order valence-electron chi connectivity index (χ0n) is 13.0. The first-order chi connectivity index (χ1) is 12.2. The first kappa shape index (κ1) is 15.6. The molecular formula is C17H11F2N5S. The van der Waals surface area contributed by atoms with Crippen LogP contribution in [-0.2, 0) is 0 Å². The number of rotatable bonds is 3. The monoisotopic (exact) mass is 355 g/mol. The molecule has 3 heterocycles. The van der Waals surface area contributed by atoms with Crippen LogP contribution in [-0.4, -0.2) is 30.6 Å². The fourth-order valence-corrected chi connectivity index (χ4v) is 2.95. The van der Waals surface area contributed by atoms with Crippen molar-refractivity contribution in [3.05, 3.63) is 60.7 Å². The van der Waals surface area contributed by atoms with Gasteiger partial charge in [-0.15, -0.1) is 0 Å². The molecule has 3 aromatic heterocycles. The minimum atomic E-state index is -0.684. The summed E-state index contributed by atoms with van der Waals surface area (Å²) in [5.74, 6) is -1.32. The van der Waals surface area contributed by atoms with Crippen molar-refractivity contribution in [1.29, 1.82) is 0 Å². The summed E-state index contributed by atoms with van der Waals surface area (Å²) in [6, 6.07) is 5.15. The predicted molar refractivity (Wildman–Crippen MR) is 91.1 cm³/mol. The number of aromatic nitrogens is 5. The Bertz CT molecular complexity index is 1080. The molecule has 124 valence electrons. The number of benzene rings is 1. The van der Waals surface area contributed by atoms with Crippen molar-refractivity contribution in [3.63, 3.8) is 0 Å². The summed E-state index contributed by atoms with van der Waals surface area (Å²) in [5, 5.41) is 0.590. The van der Waals surface area contributed by atoms with Crippen molar-refractivity contribution < 1.29 is 8.78 Å². The van der Waals surface area contributed by atoms with Crippen LogP contribution in [0.15, 0.2) is 54.2 Å². The maximum Gasteiger partial charge on any atom is 0.187 e. The molecule has 0 aliphatic heterocycles. The van der Waals surface area contributed by atoms with Crippen LogP contribution in [0.1, 0.15) is 0 Å². The largest absolute Gasteiger partial charge is 0.295 e. The minimum Gasteiger partial charge on any atom is -0.295 e. The topological polar surface area (TPSA) is 56.0 Å². The van der Waals surface area contributed by atoms with E-state index in [1.54, 1.807) is 35.3 Å². The maximum atomic E-state index is 14.4. The van der Waals surface area contributed by atoms with Gasteiger partial charge in [0.05, 0.1) is 17.6 Å². The van der Waals surface area contributed by atoms with Crippen molar-refractivity contribution in [1.82, 2.24) is 24.3 Å². The Morgan fingerprint density at radius 1 is 1.08 bits per heavy atom. The quantitative estimate of drug-likeness (QED) is 0.413. The lowest BCUT2D eigenvalue weighted by Gasteiger charge is -2.06. The van der Waals surface area contributed by atoms with E-state index >= 15 is 0 Å². The molecule has 0 bridgehead atoms. The first-order valence-electron chi connectivity index (χ1n) is 7.32. The summed E-state index contributed by atoms with van der Waals surface area (Å²) in [7, 11) is 0. The minimum absolute atomic E-state index is 0.199. The van der Waals surface area contributed by atoms with E-state index in [-0.39, 0.29) is 5.56 Å². The van der Waals surface area contributed by atoms with Crippen LogP contribution in [0.5, 0.6) is 0 Å². The lowest BCUT2D eigenvalue weighted by Crippen LogP contribution is -1.96. The molecule has 4 rings (SSSR count). The van der Waals surface area contributed by atoms with Gasteiger partial charge in [0.2, 0.25) is 0 Å². The van der Waals surface area contributed by atoms with Gasteiger partial charge in [-0.2, -0.15) is 0 Å². The molecule has 5 nitrogen and oxygen atoms in total. The number of hydrogen-bond acceptors (Lipinski definition) is 5. The molecule has 0 atom stereocenters. The summed E-state index contributed by atoms with van der Waals surface area (Å²) < 4.78 is 29.4. The molecule has 0 radical (unpaired) electrons. The second kappa shape index (κ2) is 6.21. The maximum absolute atomic E-state index is 14.4. The van der Waals surface area contributed by atoms with E-state index in [0.717, 1.165) is 6.07 Å². The SMILES string of the molecule is CSc1nccc(-c2c(-c3ccc(F)cc3F)nc3cnccn23)n1. The number of imidazole rings is 1. The Morgan fingerprint density at radius 3 is 2.76 bits per heavy atom. The molecule has 1 aromatic carbocycles. The lowest BCUT2D eigenvalue weighted by molar-refractivity contribution is 0.585. The van der Waals surface area contributed by atoms with Gasteiger partial charge in [0.15, 0.2) is 10.8 Å². The van der Waals surface area contributed by atoms with Crippen LogP contribution < -0.4 is 0 Å². The Labute approximate surface area is 145 Å². The van der Waals surface area contributed by atoms with Gasteiger partial charge in [-0.3, -0.25) is 9.38 Å². The fraction of sp³-hybridized carbons (Fsp3) is 0.0588. The van der Waals surface area contributed by atoms with Gasteiger partial charge in [0.25, 0.3) is 0 Å². The van der Waals surface area contributed by atoms with Crippen LogP contribution >= 0.6 is 11.8 Å². The molecule has 0 spiro atoms. The molecule has 0 aliphatic carbocycles. The van der Waals surface area contributed by atoms with E-state index < -0.39 is 11.6 Å². The summed E-state index contributed by atoms with van der Waals surface area (Å²) >= 11 is 1.40. The lowest BCUT2D eigenvalue weighted by atomic mass is 10.1. The zero-order chi connectivity index (χ0) is 17.4. The molecule has 0 N–H and O–H groups in total. The van der Waals surface area contributed by atoms with Gasteiger partial charge in [-0.05, 0) is 24.5 Å². The standard InChI is InChI=1S/C17H11F2N5S/c1-25-17-21-5-4-13(22-17)16-15(11-3-2-10(18)8-12(11)19)23-14-9-20-6-7-24(14)16/h2-9H,1H3. The normalized spacial score (nSPS) is 11.2. The number of nitrogens with zero attached hydrogens (tertiary/aromatic N) is 5. The van der Waals surface area contributed by atoms with Gasteiger partial charge in [-0.1, -0.05) is 11.8 Å². The van der Waals surface area contributed by atoms with Crippen LogP contribution in [0.2, 0.25) is 0 Å². The molecule has 8 heteroatoms. The van der Waals surface area contributed by atoms with Crippen molar-refractivity contribution in [2.75, 3.05) is 6.26 Å². The van der Waals surface area contributed by atoms with Crippen molar-refractivity contribution in [2.45, 2.75) is 5.16 Å². The van der Waals surface area contributed by atoms with Gasteiger partial charge < -0.3 is 0 Å². The third kappa shape index (κ3) is 2.74. The zero-order valence-corrected chi connectivity index (χ0v) is 13.8. The highest BCUT2D eigenvalue weighted by Crippen LogP contribution is 2.33. The van der Waals surface area contributed by atoms with Gasteiger partial charge >= 0.3 is 0 Å². The summed E-state index contributed by atoms with van der Waals surface area (Å²) in [4.78, 5) is 17.2. The molecular weight excluding hydrogens is 344 g/mol. The molecule has 0 saturated carbocycles. The van der Waals surface area contributed by atoms with E-state index in [1.165, 1.54) is 23.9 Å². The number of fused-ring (bicyclic) bond motifs is 1. The predicted octanol–water partition coefficient (Wildman–Crippen LogP) is 3.85. The number of halogens is 2. The molecule has 4 aromatic rings. The van der Waals surface area contributed by atoms with E-state index in [1.807, 2.05) is 6.26 Å². The van der Waals surface area contributed by atoms with E-state index in [4.69, 9.17) is 0 Å². The third-order valence-corrected chi connectivity index (χ3v) is 4.24. The summed E-state index contributed by atoms with van der Waals surface area (Å²) in [6.07, 6.45) is 8.42. The first-order valence-corrected chi connectivity index (χ1v) is 8.55. The summed E-state index contributed by atoms with van der Waals surface area (Å²) in [6.45, 7) is 0. The van der Waals surface area contributed by atoms with Crippen molar-refractivity contribution in [3.8, 4) is 22.6 Å². The number of thioether (sulfide) groups is 1. The Balaban J connectivity index is 2.04. The molecule has 0 aliphatic rings. The van der Waals surface area contributed by atoms with E-state index in [2.05, 4.69) is 19.9 Å². The van der Waals surface area contributed by atoms with Crippen LogP contribution in [0, 0.1) is 11.6 Å². The molecule has 0 saturated heterocycles. The van der Waals surface area contributed by atoms with Gasteiger partial charge in [0, 0.05) is 30.2 Å². The molecule has 0 amide bonds. The van der Waals surface area contributed by atoms with E-state index in [9.17, 15) is 8.78 Å². The van der Waals surface area contributed by atoms with Gasteiger partial charge in [-0.25, -0.2) is 23.7 Å². The Hall–Kier alpha value is -2.87. The average Bonchev–Trinajstić information content (AvgIpc) is 3.01. The molecule has 25 heavy (non-hydrogen) atoms. The number of hydrogen-bond donors (Lipinski definition) is 0. The van der Waals surface area contributed by atoms with Crippen LogP contribution in [0.3, 0.4) is 0 Å². The second-order valence-corrected chi connectivity index (χ2v) is 5.94. The highest BCUT2D eigenvalue weighted by molar-refractivity contribution is 7.98. The third-order valence-electron chi connectivity index (χ3n) is 3.68. The van der Waals surface area contributed by atoms with Crippen LogP contribution in [0.25, 0.3) is 28.3 Å². The van der Waals surface area contributed by atoms with Crippen molar-refractivity contribution >= 4 is 17.4 Å². The fourth-order valence-electron chi connectivity index (χ4n) is 2.59. The smallest absolute Gasteiger partial charge is 0.187 e. The average molecular weight is 355 g/mol. The molecule has 0 fully saturated rings. The Morgan fingerprint density at radius 2 is 1.96 bits per heavy atom. The van der Waals surface area contributed by atoms with Crippen LogP contribution in [0.4, 0.5) is 8.78 Å². The molecule has 0 unspecified atom stereocenters. The highest BCUT2D eigenvalue weighted by atomic mass is 32.2. The van der Waals surface area contributed by atoms with Gasteiger partial charge in [0.1, 0.15) is 17.3 Å². The highest BCUT2D eigenvalue weighted by Gasteiger charge is 2.20. The van der Waals surface area contributed by atoms with Crippen molar-refractivity contribution in [2.24, 2.45) is 0 Å². The summed E-state index contributed by atoms with van der Waals surface area (Å²) in [5.41, 5.74) is 2.30. The van der Waals surface area contributed by atoms with E-state index in [0.29, 0.717) is 27.9 Å². The second-order valence-electron chi connectivity index (χ2n) is 5.17. The Kier molecular flexibility index (Phi) is 3.89.